The van der Waals surface area contributed by atoms with Gasteiger partial charge in [0.2, 0.25) is 11.8 Å². The van der Waals surface area contributed by atoms with Crippen molar-refractivity contribution in [3.05, 3.63) is 90.2 Å². The van der Waals surface area contributed by atoms with Crippen LogP contribution in [0, 0.1) is 5.82 Å². The third-order valence-corrected chi connectivity index (χ3v) is 8.95. The number of ether oxygens (including phenoxy) is 1. The largest absolute Gasteiger partial charge is 0.492 e. The second-order valence-corrected chi connectivity index (χ2v) is 11.9. The van der Waals surface area contributed by atoms with Gasteiger partial charge in [-0.1, -0.05) is 55.3 Å². The van der Waals surface area contributed by atoms with E-state index in [0.29, 0.717) is 17.9 Å². The molecule has 8 nitrogen and oxygen atoms in total. The molecule has 1 unspecified atom stereocenters. The van der Waals surface area contributed by atoms with E-state index in [0.717, 1.165) is 30.0 Å². The molecule has 4 rings (SSSR count). The number of hydrogen-bond donors (Lipinski definition) is 1. The van der Waals surface area contributed by atoms with E-state index in [1.807, 2.05) is 0 Å². The van der Waals surface area contributed by atoms with Crippen molar-refractivity contribution in [2.75, 3.05) is 17.5 Å². The maximum atomic E-state index is 14.1. The van der Waals surface area contributed by atoms with Gasteiger partial charge in [-0.25, -0.2) is 12.8 Å². The Balaban J connectivity index is 1.71. The molecule has 0 bridgehead atoms. The highest BCUT2D eigenvalue weighted by Gasteiger charge is 2.34. The number of anilines is 1. The van der Waals surface area contributed by atoms with Crippen molar-refractivity contribution >= 4 is 27.5 Å². The minimum atomic E-state index is -4.21. The smallest absolute Gasteiger partial charge is 0.264 e. The zero-order valence-corrected chi connectivity index (χ0v) is 24.1. The van der Waals surface area contributed by atoms with Gasteiger partial charge in [-0.2, -0.15) is 0 Å². The van der Waals surface area contributed by atoms with E-state index in [-0.39, 0.29) is 29.1 Å². The summed E-state index contributed by atoms with van der Waals surface area (Å²) >= 11 is 0. The Morgan fingerprint density at radius 3 is 2.27 bits per heavy atom. The highest BCUT2D eigenvalue weighted by molar-refractivity contribution is 7.92. The van der Waals surface area contributed by atoms with E-state index in [2.05, 4.69) is 5.32 Å². The number of hydrogen-bond acceptors (Lipinski definition) is 5. The molecule has 0 aliphatic heterocycles. The molecule has 2 amide bonds. The van der Waals surface area contributed by atoms with Crippen LogP contribution in [0.25, 0.3) is 0 Å². The molecule has 3 aromatic carbocycles. The molecule has 0 spiro atoms. The van der Waals surface area contributed by atoms with Crippen molar-refractivity contribution in [3.63, 3.8) is 0 Å². The van der Waals surface area contributed by atoms with E-state index in [4.69, 9.17) is 4.74 Å². The molecular formula is C31H36FN3O5S. The molecular weight excluding hydrogens is 545 g/mol. The van der Waals surface area contributed by atoms with Crippen molar-refractivity contribution in [2.45, 2.75) is 63.1 Å². The number of rotatable bonds is 12. The summed E-state index contributed by atoms with van der Waals surface area (Å²) in [6.45, 7) is 3.11. The highest BCUT2D eigenvalue weighted by Crippen LogP contribution is 2.33. The second kappa shape index (κ2) is 13.6. The summed E-state index contributed by atoms with van der Waals surface area (Å²) < 4.78 is 48.3. The average Bonchev–Trinajstić information content (AvgIpc) is 3.49. The molecule has 1 aliphatic rings. The van der Waals surface area contributed by atoms with Crippen LogP contribution in [0.3, 0.4) is 0 Å². The molecule has 41 heavy (non-hydrogen) atoms. The molecule has 1 N–H and O–H groups in total. The zero-order chi connectivity index (χ0) is 29.4. The Labute approximate surface area is 241 Å². The topological polar surface area (TPSA) is 96.0 Å². The number of carbonyl (C=O) groups excluding carboxylic acids is 2. The number of amides is 2. The van der Waals surface area contributed by atoms with Crippen molar-refractivity contribution in [2.24, 2.45) is 0 Å². The summed E-state index contributed by atoms with van der Waals surface area (Å²) in [5, 5.41) is 3.03. The van der Waals surface area contributed by atoms with Gasteiger partial charge in [-0.05, 0) is 68.7 Å². The Morgan fingerprint density at radius 1 is 0.976 bits per heavy atom. The summed E-state index contributed by atoms with van der Waals surface area (Å²) in [5.41, 5.74) is 0.809. The number of nitrogens with zero attached hydrogens (tertiary/aromatic N) is 2. The quantitative estimate of drug-likeness (QED) is 0.329. The SMILES string of the molecule is CCOc1ccccc1N(CC(=O)N(Cc1ccc(F)cc1)C(C)C(=O)NC1CCCC1)S(=O)(=O)c1ccccc1. The van der Waals surface area contributed by atoms with Crippen molar-refractivity contribution in [1.82, 2.24) is 10.2 Å². The molecule has 0 saturated heterocycles. The zero-order valence-electron chi connectivity index (χ0n) is 23.3. The van der Waals surface area contributed by atoms with E-state index in [9.17, 15) is 22.4 Å². The maximum Gasteiger partial charge on any atom is 0.264 e. The van der Waals surface area contributed by atoms with Crippen LogP contribution in [-0.2, 0) is 26.2 Å². The molecule has 1 fully saturated rings. The lowest BCUT2D eigenvalue weighted by atomic mass is 10.1. The molecule has 0 radical (unpaired) electrons. The third-order valence-electron chi connectivity index (χ3n) is 7.18. The summed E-state index contributed by atoms with van der Waals surface area (Å²) in [6.07, 6.45) is 3.82. The standard InChI is InChI=1S/C31H36FN3O5S/c1-3-40-29-16-10-9-15-28(29)35(41(38,39)27-13-5-4-6-14-27)22-30(36)34(21-24-17-19-25(32)20-18-24)23(2)31(37)33-26-11-7-8-12-26/h4-6,9-10,13-20,23,26H,3,7-8,11-12,21-22H2,1-2H3,(H,33,37). The molecule has 0 aromatic heterocycles. The lowest BCUT2D eigenvalue weighted by Crippen LogP contribution is -2.52. The fourth-order valence-electron chi connectivity index (χ4n) is 4.93. The molecule has 1 aliphatic carbocycles. The molecule has 218 valence electrons. The molecule has 3 aromatic rings. The summed E-state index contributed by atoms with van der Waals surface area (Å²) in [4.78, 5) is 28.7. The first-order valence-electron chi connectivity index (χ1n) is 13.8. The Bertz CT molecular complexity index is 1430. The summed E-state index contributed by atoms with van der Waals surface area (Å²) in [7, 11) is -4.21. The molecule has 0 heterocycles. The Morgan fingerprint density at radius 2 is 1.61 bits per heavy atom. The van der Waals surface area contributed by atoms with Crippen molar-refractivity contribution in [3.8, 4) is 5.75 Å². The Hall–Kier alpha value is -3.92. The van der Waals surface area contributed by atoms with Gasteiger partial charge < -0.3 is 15.0 Å². The van der Waals surface area contributed by atoms with Gasteiger partial charge in [0, 0.05) is 12.6 Å². The highest BCUT2D eigenvalue weighted by atomic mass is 32.2. The van der Waals surface area contributed by atoms with E-state index >= 15 is 0 Å². The van der Waals surface area contributed by atoms with Gasteiger partial charge in [0.05, 0.1) is 17.2 Å². The van der Waals surface area contributed by atoms with Gasteiger partial charge in [-0.15, -0.1) is 0 Å². The van der Waals surface area contributed by atoms with E-state index in [1.165, 1.54) is 29.2 Å². The minimum absolute atomic E-state index is 0.00923. The van der Waals surface area contributed by atoms with E-state index in [1.54, 1.807) is 68.4 Å². The number of sulfonamides is 1. The number of nitrogens with one attached hydrogen (secondary N) is 1. The number of para-hydroxylation sites is 2. The van der Waals surface area contributed by atoms with Crippen LogP contribution >= 0.6 is 0 Å². The maximum absolute atomic E-state index is 14.1. The van der Waals surface area contributed by atoms with Crippen LogP contribution in [0.4, 0.5) is 10.1 Å². The number of halogens is 1. The fourth-order valence-corrected chi connectivity index (χ4v) is 6.38. The van der Waals surface area contributed by atoms with E-state index < -0.39 is 34.3 Å². The Kier molecular flexibility index (Phi) is 9.99. The molecule has 1 atom stereocenters. The predicted octanol–water partition coefficient (Wildman–Crippen LogP) is 4.90. The average molecular weight is 582 g/mol. The van der Waals surface area contributed by atoms with Gasteiger partial charge in [0.1, 0.15) is 24.2 Å². The second-order valence-electron chi connectivity index (χ2n) is 10.0. The number of carbonyl (C=O) groups is 2. The van der Waals surface area contributed by atoms with Crippen LogP contribution in [0.2, 0.25) is 0 Å². The van der Waals surface area contributed by atoms with Crippen LogP contribution in [0.15, 0.2) is 83.8 Å². The monoisotopic (exact) mass is 581 g/mol. The normalized spacial score (nSPS) is 14.3. The summed E-state index contributed by atoms with van der Waals surface area (Å²) in [6, 6.07) is 19.3. The summed E-state index contributed by atoms with van der Waals surface area (Å²) in [5.74, 6) is -1.03. The van der Waals surface area contributed by atoms with Gasteiger partial charge in [0.25, 0.3) is 10.0 Å². The van der Waals surface area contributed by atoms with Gasteiger partial charge in [-0.3, -0.25) is 13.9 Å². The minimum Gasteiger partial charge on any atom is -0.492 e. The predicted molar refractivity (Wildman–Crippen MR) is 155 cm³/mol. The van der Waals surface area contributed by atoms with Crippen LogP contribution in [-0.4, -0.2) is 50.4 Å². The first-order chi connectivity index (χ1) is 19.7. The molecule has 10 heteroatoms. The lowest BCUT2D eigenvalue weighted by Gasteiger charge is -2.33. The van der Waals surface area contributed by atoms with Crippen molar-refractivity contribution < 1.29 is 27.1 Å². The van der Waals surface area contributed by atoms with Crippen LogP contribution < -0.4 is 14.4 Å². The first-order valence-corrected chi connectivity index (χ1v) is 15.3. The van der Waals surface area contributed by atoms with Crippen molar-refractivity contribution in [1.29, 1.82) is 0 Å². The van der Waals surface area contributed by atoms with Crippen LogP contribution in [0.5, 0.6) is 5.75 Å². The molecule has 1 saturated carbocycles. The first kappa shape index (κ1) is 30.0. The number of benzene rings is 3. The van der Waals surface area contributed by atoms with Gasteiger partial charge in [0.15, 0.2) is 0 Å². The van der Waals surface area contributed by atoms with Gasteiger partial charge >= 0.3 is 0 Å². The fraction of sp³-hybridized carbons (Fsp3) is 0.355. The third kappa shape index (κ3) is 7.43. The lowest BCUT2D eigenvalue weighted by molar-refractivity contribution is -0.139. The van der Waals surface area contributed by atoms with Crippen LogP contribution in [0.1, 0.15) is 45.1 Å².